The van der Waals surface area contributed by atoms with Crippen molar-refractivity contribution in [3.05, 3.63) is 0 Å². The highest BCUT2D eigenvalue weighted by molar-refractivity contribution is 8.10. The first kappa shape index (κ1) is 2.46. The summed E-state index contributed by atoms with van der Waals surface area (Å²) in [5.41, 5.74) is 0. The van der Waals surface area contributed by atoms with Crippen LogP contribution in [0.15, 0.2) is 0 Å². The molecule has 0 aliphatic rings. The summed E-state index contributed by atoms with van der Waals surface area (Å²) in [6, 6.07) is 0. The molecule has 1 nitrogen and oxygen atoms in total. The topological polar surface area (TPSA) is 3.24 Å². The normalized spacial score (nSPS) is 23.1. The van der Waals surface area contributed by atoms with E-state index in [0.717, 1.165) is 4.90 Å². The highest BCUT2D eigenvalue weighted by atomic mass is 32.1. The Hall–Kier alpha value is 0.240. The summed E-state index contributed by atoms with van der Waals surface area (Å²) in [7, 11) is 0. The molecule has 0 heterocycles. The lowest BCUT2D eigenvalue weighted by Gasteiger charge is -2.16. The molecule has 0 radical (unpaired) electrons. The number of hydrogen-bond donors (Lipinski definition) is 1. The van der Waals surface area contributed by atoms with Crippen LogP contribution in [0.5, 0.6) is 0 Å². The van der Waals surface area contributed by atoms with Crippen molar-refractivity contribution in [3.8, 4) is 0 Å². The first-order chi connectivity index (χ1) is 6.01. The van der Waals surface area contributed by atoms with Crippen molar-refractivity contribution in [1.82, 2.24) is 4.90 Å². The Balaban J connectivity index is 4.40. The zero-order valence-corrected chi connectivity index (χ0v) is 5.93. The second-order valence-electron chi connectivity index (χ2n) is 1.14. The fourth-order valence-corrected chi connectivity index (χ4v) is 0.462. The molecule has 0 rings (SSSR count). The van der Waals surface area contributed by atoms with Crippen molar-refractivity contribution in [2.24, 2.45) is 0 Å². The number of nitrogens with zero attached hydrogens (tertiary/aromatic N) is 1. The minimum Gasteiger partial charge on any atom is -0.358 e. The summed E-state index contributed by atoms with van der Waals surface area (Å²) in [6.45, 7) is -5.27. The van der Waals surface area contributed by atoms with E-state index in [-0.39, 0.29) is 4.32 Å². The fraction of sp³-hybridized carbons (Fsp3) is 0.800. The minimum absolute atomic E-state index is 0.0164. The maximum absolute atomic E-state index is 6.98. The van der Waals surface area contributed by atoms with Crippen molar-refractivity contribution in [1.29, 1.82) is 0 Å². The molecule has 8 heavy (non-hydrogen) atoms. The molecular weight excluding hydrogens is 138 g/mol. The van der Waals surface area contributed by atoms with E-state index in [1.165, 1.54) is 0 Å². The minimum atomic E-state index is -2.24. The van der Waals surface area contributed by atoms with Crippen molar-refractivity contribution < 1.29 is 8.22 Å². The molecule has 0 aromatic carbocycles. The Morgan fingerprint density at radius 3 is 2.50 bits per heavy atom. The zero-order valence-electron chi connectivity index (χ0n) is 10.2. The van der Waals surface area contributed by atoms with Gasteiger partial charge in [0.1, 0.15) is 4.32 Å². The van der Waals surface area contributed by atoms with Crippen molar-refractivity contribution in [3.63, 3.8) is 0 Å². The van der Waals surface area contributed by atoms with Gasteiger partial charge in [-0.3, -0.25) is 0 Å². The van der Waals surface area contributed by atoms with Crippen LogP contribution in [0.2, 0.25) is 0 Å². The molecule has 3 heteroatoms. The van der Waals surface area contributed by atoms with E-state index in [0.29, 0.717) is 0 Å². The van der Waals surface area contributed by atoms with Crippen LogP contribution in [0.1, 0.15) is 21.9 Å². The molecule has 0 aliphatic carbocycles. The van der Waals surface area contributed by atoms with Crippen molar-refractivity contribution >= 4 is 29.2 Å². The van der Waals surface area contributed by atoms with Gasteiger partial charge in [0.25, 0.3) is 0 Å². The van der Waals surface area contributed by atoms with Crippen LogP contribution in [0.25, 0.3) is 0 Å². The molecule has 0 saturated heterocycles. The summed E-state index contributed by atoms with van der Waals surface area (Å²) in [5.74, 6) is 0. The molecule has 0 aromatic heterocycles. The third-order valence-electron chi connectivity index (χ3n) is 0.652. The quantitative estimate of drug-likeness (QED) is 0.476. The summed E-state index contributed by atoms with van der Waals surface area (Å²) in [6.07, 6.45) is 0. The molecule has 48 valence electrons. The molecule has 0 atom stereocenters. The Kier molecular flexibility index (Phi) is 1.28. The van der Waals surface area contributed by atoms with Crippen LogP contribution < -0.4 is 0 Å². The molecule has 0 aliphatic heterocycles. The van der Waals surface area contributed by atoms with Gasteiger partial charge in [0.15, 0.2) is 0 Å². The van der Waals surface area contributed by atoms with Crippen LogP contribution in [0.4, 0.5) is 0 Å². The van der Waals surface area contributed by atoms with E-state index in [1.807, 2.05) is 0 Å². The second-order valence-corrected chi connectivity index (χ2v) is 2.25. The van der Waals surface area contributed by atoms with Gasteiger partial charge < -0.3 is 4.90 Å². The Labute approximate surface area is 69.9 Å². The molecule has 0 amide bonds. The summed E-state index contributed by atoms with van der Waals surface area (Å²) < 4.78 is 41.9. The standard InChI is InChI=1S/C5H11NS2/c1-3-6(4-2)5(7)8/h3-4H2,1-2H3,(H,7,8)/i1D3,2D3. The number of rotatable bonds is 2. The maximum atomic E-state index is 6.98. The lowest BCUT2D eigenvalue weighted by atomic mass is 10.6. The molecule has 0 fully saturated rings. The summed E-state index contributed by atoms with van der Waals surface area (Å²) in [5, 5.41) is 0. The third kappa shape index (κ3) is 2.52. The number of hydrogen-bond acceptors (Lipinski definition) is 1. The first-order valence-corrected chi connectivity index (χ1v) is 2.85. The van der Waals surface area contributed by atoms with Gasteiger partial charge in [0.2, 0.25) is 0 Å². The number of thiocarbonyl (C=S) groups is 1. The van der Waals surface area contributed by atoms with Gasteiger partial charge in [-0.05, 0) is 13.7 Å². The average Bonchev–Trinajstić information content (AvgIpc) is 1.78. The molecule has 0 spiro atoms. The van der Waals surface area contributed by atoms with Gasteiger partial charge >= 0.3 is 0 Å². The van der Waals surface area contributed by atoms with E-state index < -0.39 is 26.8 Å². The SMILES string of the molecule is [2H]C([2H])([2H])CN(CC([2H])([2H])[2H])C(=S)S. The molecular formula is C5H11NS2. The fourth-order valence-electron chi connectivity index (χ4n) is 0.191. The Bertz CT molecular complexity index is 193. The third-order valence-corrected chi connectivity index (χ3v) is 1.19. The molecule has 0 aromatic rings. The van der Waals surface area contributed by atoms with E-state index in [1.54, 1.807) is 0 Å². The molecule has 0 unspecified atom stereocenters. The van der Waals surface area contributed by atoms with Crippen molar-refractivity contribution in [2.45, 2.75) is 13.7 Å². The van der Waals surface area contributed by atoms with E-state index >= 15 is 0 Å². The van der Waals surface area contributed by atoms with Crippen LogP contribution in [-0.4, -0.2) is 22.3 Å². The largest absolute Gasteiger partial charge is 0.358 e. The van der Waals surface area contributed by atoms with Gasteiger partial charge in [-0.25, -0.2) is 0 Å². The van der Waals surface area contributed by atoms with E-state index in [9.17, 15) is 0 Å². The smallest absolute Gasteiger partial charge is 0.133 e. The Morgan fingerprint density at radius 1 is 1.75 bits per heavy atom. The van der Waals surface area contributed by atoms with Gasteiger partial charge in [-0.2, -0.15) is 0 Å². The summed E-state index contributed by atoms with van der Waals surface area (Å²) in [4.78, 5) is 1.05. The van der Waals surface area contributed by atoms with Crippen molar-refractivity contribution in [2.75, 3.05) is 13.1 Å². The molecule has 0 saturated carbocycles. The average molecular weight is 155 g/mol. The van der Waals surface area contributed by atoms with Gasteiger partial charge in [0, 0.05) is 21.3 Å². The van der Waals surface area contributed by atoms with Crippen LogP contribution >= 0.6 is 24.8 Å². The summed E-state index contributed by atoms with van der Waals surface area (Å²) >= 11 is 8.42. The predicted octanol–water partition coefficient (Wildman–Crippen LogP) is 1.54. The zero-order chi connectivity index (χ0) is 11.6. The molecule has 0 N–H and O–H groups in total. The highest BCUT2D eigenvalue weighted by Crippen LogP contribution is 1.93. The Morgan fingerprint density at radius 2 is 2.25 bits per heavy atom. The first-order valence-electron chi connectivity index (χ1n) is 4.99. The monoisotopic (exact) mass is 155 g/mol. The van der Waals surface area contributed by atoms with E-state index in [4.69, 9.17) is 8.22 Å². The van der Waals surface area contributed by atoms with Gasteiger partial charge in [0.05, 0.1) is 0 Å². The van der Waals surface area contributed by atoms with E-state index in [2.05, 4.69) is 24.8 Å². The maximum Gasteiger partial charge on any atom is 0.133 e. The van der Waals surface area contributed by atoms with Crippen LogP contribution in [-0.2, 0) is 0 Å². The lowest BCUT2D eigenvalue weighted by Crippen LogP contribution is -2.24. The van der Waals surface area contributed by atoms with Gasteiger partial charge in [-0.1, -0.05) is 12.2 Å². The lowest BCUT2D eigenvalue weighted by molar-refractivity contribution is 0.482. The predicted molar refractivity (Wildman–Crippen MR) is 44.5 cm³/mol. The second kappa shape index (κ2) is 4.15. The molecule has 0 bridgehead atoms. The van der Waals surface area contributed by atoms with Crippen LogP contribution in [0, 0.1) is 0 Å². The van der Waals surface area contributed by atoms with Crippen LogP contribution in [0.3, 0.4) is 0 Å². The number of thiol groups is 1. The van der Waals surface area contributed by atoms with Gasteiger partial charge in [-0.15, -0.1) is 12.6 Å². The highest BCUT2D eigenvalue weighted by Gasteiger charge is 1.96.